The summed E-state index contributed by atoms with van der Waals surface area (Å²) in [5, 5.41) is 6.10. The first-order valence-electron chi connectivity index (χ1n) is 10.5. The number of sulfonamides is 1. The molecule has 0 aliphatic carbocycles. The minimum Gasteiger partial charge on any atom is -0.497 e. The van der Waals surface area contributed by atoms with Gasteiger partial charge in [0.2, 0.25) is 0 Å². The normalized spacial score (nSPS) is 11.4. The van der Waals surface area contributed by atoms with Crippen molar-refractivity contribution < 1.29 is 17.9 Å². The van der Waals surface area contributed by atoms with Crippen molar-refractivity contribution >= 4 is 38.6 Å². The van der Waals surface area contributed by atoms with E-state index in [1.807, 2.05) is 42.5 Å². The Balaban J connectivity index is 1.55. The van der Waals surface area contributed by atoms with E-state index in [0.29, 0.717) is 11.4 Å². The molecule has 4 aromatic carbocycles. The van der Waals surface area contributed by atoms with Crippen molar-refractivity contribution in [2.45, 2.75) is 4.90 Å². The number of amides is 1. The predicted octanol–water partition coefficient (Wildman–Crippen LogP) is 4.19. The summed E-state index contributed by atoms with van der Waals surface area (Å²) in [6, 6.07) is 28.1. The lowest BCUT2D eigenvalue weighted by Gasteiger charge is -2.23. The molecule has 1 amide bonds. The molecule has 0 saturated carbocycles. The third-order valence-corrected chi connectivity index (χ3v) is 6.98. The first kappa shape index (κ1) is 23.0. The van der Waals surface area contributed by atoms with Gasteiger partial charge in [0.1, 0.15) is 12.3 Å². The molecule has 0 bridgehead atoms. The average molecular weight is 474 g/mol. The molecular formula is C26H23N3O4S. The number of benzene rings is 4. The Kier molecular flexibility index (Phi) is 6.89. The van der Waals surface area contributed by atoms with Gasteiger partial charge in [0, 0.05) is 5.56 Å². The number of rotatable bonds is 8. The molecule has 1 N–H and O–H groups in total. The Morgan fingerprint density at radius 3 is 2.32 bits per heavy atom. The number of carbonyl (C=O) groups excluding carboxylic acids is 1. The number of nitrogens with one attached hydrogen (secondary N) is 1. The van der Waals surface area contributed by atoms with Crippen LogP contribution >= 0.6 is 0 Å². The molecule has 4 rings (SSSR count). The van der Waals surface area contributed by atoms with Gasteiger partial charge in [-0.05, 0) is 47.2 Å². The van der Waals surface area contributed by atoms with E-state index in [2.05, 4.69) is 10.5 Å². The van der Waals surface area contributed by atoms with Crippen LogP contribution in [-0.2, 0) is 14.8 Å². The smallest absolute Gasteiger partial charge is 0.264 e. The Morgan fingerprint density at radius 2 is 1.59 bits per heavy atom. The van der Waals surface area contributed by atoms with Crippen LogP contribution in [0.1, 0.15) is 5.56 Å². The monoisotopic (exact) mass is 473 g/mol. The van der Waals surface area contributed by atoms with E-state index >= 15 is 0 Å². The molecule has 0 heterocycles. The van der Waals surface area contributed by atoms with Crippen molar-refractivity contribution in [2.24, 2.45) is 5.10 Å². The number of methoxy groups -OCH3 is 1. The standard InChI is InChI=1S/C26H23N3O4S/c1-33-23-14-16-24(17-15-23)34(31,32)29(22-11-3-2-4-12-22)19-26(30)28-27-18-21-10-7-9-20-8-5-6-13-25(20)21/h2-18H,19H2,1H3,(H,28,30)/b27-18-. The third-order valence-electron chi connectivity index (χ3n) is 5.20. The molecule has 0 unspecified atom stereocenters. The second-order valence-electron chi connectivity index (χ2n) is 7.38. The number of carbonyl (C=O) groups is 1. The Labute approximate surface area is 198 Å². The fraction of sp³-hybridized carbons (Fsp3) is 0.0769. The zero-order valence-electron chi connectivity index (χ0n) is 18.5. The fourth-order valence-corrected chi connectivity index (χ4v) is 4.91. The van der Waals surface area contributed by atoms with Gasteiger partial charge in [-0.1, -0.05) is 60.7 Å². The van der Waals surface area contributed by atoms with Crippen molar-refractivity contribution in [3.8, 4) is 5.75 Å². The van der Waals surface area contributed by atoms with Crippen LogP contribution in [0.15, 0.2) is 107 Å². The molecule has 0 saturated heterocycles. The molecule has 0 atom stereocenters. The SMILES string of the molecule is COc1ccc(S(=O)(=O)N(CC(=O)N/N=C\c2cccc3ccccc23)c2ccccc2)cc1. The fourth-order valence-electron chi connectivity index (χ4n) is 3.49. The topological polar surface area (TPSA) is 88.1 Å². The second-order valence-corrected chi connectivity index (χ2v) is 9.25. The van der Waals surface area contributed by atoms with Crippen molar-refractivity contribution in [2.75, 3.05) is 18.0 Å². The Morgan fingerprint density at radius 1 is 0.912 bits per heavy atom. The van der Waals surface area contributed by atoms with Crippen molar-refractivity contribution in [1.82, 2.24) is 5.43 Å². The van der Waals surface area contributed by atoms with Gasteiger partial charge in [-0.3, -0.25) is 9.10 Å². The van der Waals surface area contributed by atoms with E-state index in [1.165, 1.54) is 19.2 Å². The van der Waals surface area contributed by atoms with E-state index in [9.17, 15) is 13.2 Å². The highest BCUT2D eigenvalue weighted by molar-refractivity contribution is 7.92. The molecule has 0 aliphatic heterocycles. The summed E-state index contributed by atoms with van der Waals surface area (Å²) in [5.41, 5.74) is 3.65. The average Bonchev–Trinajstić information content (AvgIpc) is 2.88. The summed E-state index contributed by atoms with van der Waals surface area (Å²) in [6.45, 7) is -0.439. The van der Waals surface area contributed by atoms with Gasteiger partial charge < -0.3 is 4.74 Å². The summed E-state index contributed by atoms with van der Waals surface area (Å²) in [7, 11) is -2.51. The zero-order chi connectivity index (χ0) is 24.0. The lowest BCUT2D eigenvalue weighted by molar-refractivity contribution is -0.119. The molecule has 4 aromatic rings. The number of hydrazone groups is 1. The van der Waals surface area contributed by atoms with E-state index in [4.69, 9.17) is 4.74 Å². The van der Waals surface area contributed by atoms with Gasteiger partial charge in [-0.25, -0.2) is 13.8 Å². The molecule has 8 heteroatoms. The van der Waals surface area contributed by atoms with Gasteiger partial charge in [0.15, 0.2) is 0 Å². The third kappa shape index (κ3) is 5.07. The van der Waals surface area contributed by atoms with Gasteiger partial charge in [-0.15, -0.1) is 0 Å². The van der Waals surface area contributed by atoms with E-state index in [-0.39, 0.29) is 4.90 Å². The molecule has 0 aliphatic rings. The number of hydrogen-bond acceptors (Lipinski definition) is 5. The maximum Gasteiger partial charge on any atom is 0.264 e. The van der Waals surface area contributed by atoms with Crippen molar-refractivity contribution in [3.05, 3.63) is 103 Å². The van der Waals surface area contributed by atoms with Crippen molar-refractivity contribution in [1.29, 1.82) is 0 Å². The lowest BCUT2D eigenvalue weighted by atomic mass is 10.1. The molecule has 0 radical (unpaired) electrons. The number of hydrogen-bond donors (Lipinski definition) is 1. The molecule has 0 aromatic heterocycles. The number of anilines is 1. The molecule has 0 fully saturated rings. The zero-order valence-corrected chi connectivity index (χ0v) is 19.3. The van der Waals surface area contributed by atoms with Crippen LogP contribution in [0.25, 0.3) is 10.8 Å². The number of fused-ring (bicyclic) bond motifs is 1. The summed E-state index contributed by atoms with van der Waals surface area (Å²) in [5.74, 6) is -0.0387. The Hall–Kier alpha value is -4.17. The van der Waals surface area contributed by atoms with E-state index < -0.39 is 22.5 Å². The molecule has 7 nitrogen and oxygen atoms in total. The summed E-state index contributed by atoms with van der Waals surface area (Å²) < 4.78 is 32.9. The predicted molar refractivity (Wildman–Crippen MR) is 134 cm³/mol. The van der Waals surface area contributed by atoms with Crippen LogP contribution in [0.3, 0.4) is 0 Å². The highest BCUT2D eigenvalue weighted by atomic mass is 32.2. The van der Waals surface area contributed by atoms with Gasteiger partial charge in [0.05, 0.1) is 23.9 Å². The lowest BCUT2D eigenvalue weighted by Crippen LogP contribution is -2.39. The van der Waals surface area contributed by atoms with Crippen LogP contribution in [0.4, 0.5) is 5.69 Å². The van der Waals surface area contributed by atoms with Crippen LogP contribution in [0.2, 0.25) is 0 Å². The number of para-hydroxylation sites is 1. The molecule has 0 spiro atoms. The van der Waals surface area contributed by atoms with Crippen molar-refractivity contribution in [3.63, 3.8) is 0 Å². The van der Waals surface area contributed by atoms with Gasteiger partial charge in [0.25, 0.3) is 15.9 Å². The van der Waals surface area contributed by atoms with Crippen LogP contribution in [0, 0.1) is 0 Å². The molecule has 34 heavy (non-hydrogen) atoms. The maximum atomic E-state index is 13.4. The van der Waals surface area contributed by atoms with E-state index in [1.54, 1.807) is 48.7 Å². The highest BCUT2D eigenvalue weighted by Gasteiger charge is 2.27. The molecule has 172 valence electrons. The van der Waals surface area contributed by atoms with Gasteiger partial charge >= 0.3 is 0 Å². The molecular weight excluding hydrogens is 450 g/mol. The highest BCUT2D eigenvalue weighted by Crippen LogP contribution is 2.25. The minimum absolute atomic E-state index is 0.0456. The van der Waals surface area contributed by atoms with Crippen LogP contribution in [0.5, 0.6) is 5.75 Å². The summed E-state index contributed by atoms with van der Waals surface area (Å²) >= 11 is 0. The van der Waals surface area contributed by atoms with Gasteiger partial charge in [-0.2, -0.15) is 5.10 Å². The largest absolute Gasteiger partial charge is 0.497 e. The maximum absolute atomic E-state index is 13.4. The number of ether oxygens (including phenoxy) is 1. The van der Waals surface area contributed by atoms with E-state index in [0.717, 1.165) is 20.6 Å². The summed E-state index contributed by atoms with van der Waals surface area (Å²) in [6.07, 6.45) is 1.55. The quantitative estimate of drug-likeness (QED) is 0.307. The second kappa shape index (κ2) is 10.2. The number of nitrogens with zero attached hydrogens (tertiary/aromatic N) is 2. The van der Waals surface area contributed by atoms with Crippen LogP contribution < -0.4 is 14.5 Å². The minimum atomic E-state index is -4.02. The first-order chi connectivity index (χ1) is 16.5. The first-order valence-corrected chi connectivity index (χ1v) is 11.9. The summed E-state index contributed by atoms with van der Waals surface area (Å²) in [4.78, 5) is 12.8. The van der Waals surface area contributed by atoms with Crippen LogP contribution in [-0.4, -0.2) is 34.2 Å². The Bertz CT molecular complexity index is 1410.